The summed E-state index contributed by atoms with van der Waals surface area (Å²) in [5.74, 6) is 0.342. The molecule has 2 aromatic heterocycles. The molecular formula is C12H9N5O3S. The standard InChI is InChI=1S/C12H9N5O3S/c1-6-9(10(13)21-16-6)12-14-11(15-20-12)7-4-2-3-5-8(7)17(18)19/h2-5H,13H2,1H3. The molecule has 0 aliphatic carbocycles. The van der Waals surface area contributed by atoms with E-state index in [-0.39, 0.29) is 23.0 Å². The molecule has 0 atom stereocenters. The summed E-state index contributed by atoms with van der Waals surface area (Å²) < 4.78 is 9.26. The van der Waals surface area contributed by atoms with Gasteiger partial charge in [0.05, 0.1) is 16.2 Å². The van der Waals surface area contributed by atoms with Gasteiger partial charge in [0.15, 0.2) is 0 Å². The van der Waals surface area contributed by atoms with E-state index in [2.05, 4.69) is 14.5 Å². The Morgan fingerprint density at radius 2 is 2.14 bits per heavy atom. The molecule has 9 heteroatoms. The summed E-state index contributed by atoms with van der Waals surface area (Å²) in [4.78, 5) is 14.7. The van der Waals surface area contributed by atoms with E-state index >= 15 is 0 Å². The van der Waals surface area contributed by atoms with Crippen LogP contribution in [0.25, 0.3) is 22.8 Å². The zero-order chi connectivity index (χ0) is 15.0. The van der Waals surface area contributed by atoms with Crippen LogP contribution in [0.3, 0.4) is 0 Å². The topological polar surface area (TPSA) is 121 Å². The highest BCUT2D eigenvalue weighted by Gasteiger charge is 2.22. The lowest BCUT2D eigenvalue weighted by atomic mass is 10.1. The quantitative estimate of drug-likeness (QED) is 0.583. The highest BCUT2D eigenvalue weighted by atomic mass is 32.1. The molecule has 2 heterocycles. The van der Waals surface area contributed by atoms with Gasteiger partial charge in [-0.25, -0.2) is 0 Å². The number of para-hydroxylation sites is 1. The van der Waals surface area contributed by atoms with E-state index in [1.807, 2.05) is 0 Å². The second kappa shape index (κ2) is 4.94. The first kappa shape index (κ1) is 13.2. The maximum atomic E-state index is 11.0. The molecule has 0 aliphatic rings. The molecule has 0 radical (unpaired) electrons. The Hall–Kier alpha value is -2.81. The summed E-state index contributed by atoms with van der Waals surface area (Å²) in [6, 6.07) is 6.20. The van der Waals surface area contributed by atoms with Crippen molar-refractivity contribution in [2.45, 2.75) is 6.92 Å². The van der Waals surface area contributed by atoms with Crippen molar-refractivity contribution in [1.82, 2.24) is 14.5 Å². The van der Waals surface area contributed by atoms with Crippen LogP contribution < -0.4 is 5.73 Å². The van der Waals surface area contributed by atoms with E-state index in [0.717, 1.165) is 11.5 Å². The van der Waals surface area contributed by atoms with Crippen molar-refractivity contribution in [3.63, 3.8) is 0 Å². The molecule has 3 aromatic rings. The van der Waals surface area contributed by atoms with Crippen molar-refractivity contribution >= 4 is 22.2 Å². The number of rotatable bonds is 3. The predicted molar refractivity (Wildman–Crippen MR) is 76.6 cm³/mol. The van der Waals surface area contributed by atoms with Gasteiger partial charge in [0.2, 0.25) is 5.82 Å². The van der Waals surface area contributed by atoms with Gasteiger partial charge in [-0.1, -0.05) is 17.3 Å². The van der Waals surface area contributed by atoms with Gasteiger partial charge in [-0.15, -0.1) is 0 Å². The van der Waals surface area contributed by atoms with Gasteiger partial charge in [-0.2, -0.15) is 9.36 Å². The maximum Gasteiger partial charge on any atom is 0.280 e. The second-order valence-corrected chi connectivity index (χ2v) is 5.01. The minimum Gasteiger partial charge on any atom is -0.389 e. The first-order valence-electron chi connectivity index (χ1n) is 5.87. The van der Waals surface area contributed by atoms with Crippen molar-refractivity contribution in [3.8, 4) is 22.8 Å². The van der Waals surface area contributed by atoms with Gasteiger partial charge in [-0.3, -0.25) is 10.1 Å². The fourth-order valence-corrected chi connectivity index (χ4v) is 2.56. The Labute approximate surface area is 122 Å². The van der Waals surface area contributed by atoms with Gasteiger partial charge in [0.1, 0.15) is 10.6 Å². The zero-order valence-electron chi connectivity index (χ0n) is 10.8. The second-order valence-electron chi connectivity index (χ2n) is 4.20. The summed E-state index contributed by atoms with van der Waals surface area (Å²) in [5.41, 5.74) is 7.27. The predicted octanol–water partition coefficient (Wildman–Crippen LogP) is 2.66. The number of nitro groups is 1. The molecule has 0 saturated carbocycles. The number of hydrogen-bond donors (Lipinski definition) is 1. The van der Waals surface area contributed by atoms with Crippen LogP contribution in [-0.4, -0.2) is 19.4 Å². The van der Waals surface area contributed by atoms with Crippen LogP contribution in [0.2, 0.25) is 0 Å². The molecule has 0 aliphatic heterocycles. The third-order valence-electron chi connectivity index (χ3n) is 2.87. The maximum absolute atomic E-state index is 11.0. The lowest BCUT2D eigenvalue weighted by molar-refractivity contribution is -0.384. The van der Waals surface area contributed by atoms with E-state index < -0.39 is 4.92 Å². The van der Waals surface area contributed by atoms with Gasteiger partial charge < -0.3 is 10.3 Å². The van der Waals surface area contributed by atoms with Crippen LogP contribution >= 0.6 is 11.5 Å². The summed E-state index contributed by atoms with van der Waals surface area (Å²) in [6.45, 7) is 1.77. The first-order valence-corrected chi connectivity index (χ1v) is 6.65. The molecular weight excluding hydrogens is 294 g/mol. The first-order chi connectivity index (χ1) is 10.1. The van der Waals surface area contributed by atoms with Crippen molar-refractivity contribution < 1.29 is 9.45 Å². The normalized spacial score (nSPS) is 10.7. The molecule has 21 heavy (non-hydrogen) atoms. The summed E-state index contributed by atoms with van der Waals surface area (Å²) >= 11 is 1.13. The minimum absolute atomic E-state index is 0.0852. The molecule has 8 nitrogen and oxygen atoms in total. The van der Waals surface area contributed by atoms with E-state index in [4.69, 9.17) is 10.3 Å². The molecule has 0 spiro atoms. The van der Waals surface area contributed by atoms with Crippen LogP contribution in [0.4, 0.5) is 10.7 Å². The summed E-state index contributed by atoms with van der Waals surface area (Å²) in [6.07, 6.45) is 0. The molecule has 0 amide bonds. The third-order valence-corrected chi connectivity index (χ3v) is 3.64. The molecule has 3 rings (SSSR count). The van der Waals surface area contributed by atoms with Crippen LogP contribution in [0.5, 0.6) is 0 Å². The number of hydrogen-bond acceptors (Lipinski definition) is 8. The number of benzene rings is 1. The Kier molecular flexibility index (Phi) is 3.10. The molecule has 0 bridgehead atoms. The van der Waals surface area contributed by atoms with Gasteiger partial charge >= 0.3 is 0 Å². The van der Waals surface area contributed by atoms with Crippen LogP contribution in [-0.2, 0) is 0 Å². The summed E-state index contributed by atoms with van der Waals surface area (Å²) in [7, 11) is 0. The van der Waals surface area contributed by atoms with Crippen LogP contribution in [0.1, 0.15) is 5.69 Å². The van der Waals surface area contributed by atoms with Gasteiger partial charge in [0.25, 0.3) is 11.6 Å². The number of aryl methyl sites for hydroxylation is 1. The molecule has 0 saturated heterocycles. The highest BCUT2D eigenvalue weighted by Crippen LogP contribution is 2.34. The average molecular weight is 303 g/mol. The number of anilines is 1. The fraction of sp³-hybridized carbons (Fsp3) is 0.0833. The lowest BCUT2D eigenvalue weighted by Crippen LogP contribution is -1.92. The van der Waals surface area contributed by atoms with Gasteiger partial charge in [-0.05, 0) is 24.5 Å². The molecule has 1 aromatic carbocycles. The number of aromatic nitrogens is 3. The Morgan fingerprint density at radius 1 is 1.38 bits per heavy atom. The molecule has 2 N–H and O–H groups in total. The number of nitro benzene ring substituents is 1. The largest absolute Gasteiger partial charge is 0.389 e. The molecule has 0 fully saturated rings. The van der Waals surface area contributed by atoms with Gasteiger partial charge in [0, 0.05) is 6.07 Å². The van der Waals surface area contributed by atoms with E-state index in [9.17, 15) is 10.1 Å². The Morgan fingerprint density at radius 3 is 2.81 bits per heavy atom. The third kappa shape index (κ3) is 2.23. The van der Waals surface area contributed by atoms with Crippen molar-refractivity contribution in [3.05, 3.63) is 40.1 Å². The van der Waals surface area contributed by atoms with Crippen LogP contribution in [0, 0.1) is 17.0 Å². The SMILES string of the molecule is Cc1nsc(N)c1-c1nc(-c2ccccc2[N+](=O)[O-])no1. The highest BCUT2D eigenvalue weighted by molar-refractivity contribution is 7.10. The molecule has 106 valence electrons. The average Bonchev–Trinajstić information content (AvgIpc) is 3.06. The monoisotopic (exact) mass is 303 g/mol. The van der Waals surface area contributed by atoms with Crippen molar-refractivity contribution in [2.24, 2.45) is 0 Å². The smallest absolute Gasteiger partial charge is 0.280 e. The van der Waals surface area contributed by atoms with E-state index in [1.165, 1.54) is 6.07 Å². The number of nitrogens with zero attached hydrogens (tertiary/aromatic N) is 4. The van der Waals surface area contributed by atoms with Crippen molar-refractivity contribution in [1.29, 1.82) is 0 Å². The van der Waals surface area contributed by atoms with Crippen LogP contribution in [0.15, 0.2) is 28.8 Å². The number of nitrogen functional groups attached to an aromatic ring is 1. The summed E-state index contributed by atoms with van der Waals surface area (Å²) in [5, 5.41) is 15.3. The lowest BCUT2D eigenvalue weighted by Gasteiger charge is -1.96. The van der Waals surface area contributed by atoms with Crippen molar-refractivity contribution in [2.75, 3.05) is 5.73 Å². The van der Waals surface area contributed by atoms with E-state index in [0.29, 0.717) is 16.3 Å². The minimum atomic E-state index is -0.489. The van der Waals surface area contributed by atoms with E-state index in [1.54, 1.807) is 25.1 Å². The number of nitrogens with two attached hydrogens (primary N) is 1. The molecule has 0 unspecified atom stereocenters. The zero-order valence-corrected chi connectivity index (χ0v) is 11.6. The Bertz CT molecular complexity index is 806. The fourth-order valence-electron chi connectivity index (χ4n) is 1.90. The Balaban J connectivity index is 2.10.